The molecule has 0 spiro atoms. The lowest BCUT2D eigenvalue weighted by molar-refractivity contribution is -0.384. The van der Waals surface area contributed by atoms with Gasteiger partial charge in [-0.2, -0.15) is 0 Å². The summed E-state index contributed by atoms with van der Waals surface area (Å²) in [6, 6.07) is 12.9. The quantitative estimate of drug-likeness (QED) is 0.152. The van der Waals surface area contributed by atoms with E-state index in [1.54, 1.807) is 36.4 Å². The molecule has 1 atom stereocenters. The standard InChI is InChI=1S/C23H22N2O7/c26-18(27)12-5-2-6-13-24-20(16-10-7-11-17(14-16)25(31)32)19(22(29)23(24)30)21(28)15-8-3-1-4-9-15/h1,3-4,7-11,14,20,28H,2,5-6,12-13H2,(H,26,27)/b21-19-. The number of unbranched alkanes of at least 4 members (excludes halogenated alkanes) is 2. The summed E-state index contributed by atoms with van der Waals surface area (Å²) < 4.78 is 0. The van der Waals surface area contributed by atoms with Crippen LogP contribution in [0.15, 0.2) is 60.2 Å². The first-order valence-electron chi connectivity index (χ1n) is 10.1. The molecule has 2 aromatic rings. The monoisotopic (exact) mass is 438 g/mol. The van der Waals surface area contributed by atoms with Gasteiger partial charge in [-0.1, -0.05) is 48.9 Å². The Morgan fingerprint density at radius 2 is 1.72 bits per heavy atom. The molecule has 9 heteroatoms. The third kappa shape index (κ3) is 4.83. The second-order valence-corrected chi connectivity index (χ2v) is 7.42. The fraction of sp³-hybridized carbons (Fsp3) is 0.261. The smallest absolute Gasteiger partial charge is 0.303 e. The molecule has 3 rings (SSSR count). The number of Topliss-reactive ketones (excluding diaryl/α,β-unsaturated/α-hetero) is 1. The van der Waals surface area contributed by atoms with Crippen molar-refractivity contribution in [3.63, 3.8) is 0 Å². The summed E-state index contributed by atoms with van der Waals surface area (Å²) >= 11 is 0. The van der Waals surface area contributed by atoms with Gasteiger partial charge in [-0.05, 0) is 18.4 Å². The van der Waals surface area contributed by atoms with Crippen LogP contribution in [0.25, 0.3) is 5.76 Å². The maximum absolute atomic E-state index is 12.9. The molecule has 1 aliphatic rings. The average Bonchev–Trinajstić information content (AvgIpc) is 3.03. The molecule has 1 amide bonds. The SMILES string of the molecule is O=C(O)CCCCCN1C(=O)C(=O)/C(=C(\O)c2ccccc2)C1c1cccc([N+](=O)[O-])c1. The Balaban J connectivity index is 2.01. The number of aliphatic carboxylic acids is 1. The van der Waals surface area contributed by atoms with Crippen molar-refractivity contribution in [2.75, 3.05) is 6.54 Å². The molecule has 0 radical (unpaired) electrons. The number of hydrogen-bond acceptors (Lipinski definition) is 6. The van der Waals surface area contributed by atoms with Crippen molar-refractivity contribution in [3.8, 4) is 0 Å². The molecular formula is C23H22N2O7. The molecule has 0 aromatic heterocycles. The van der Waals surface area contributed by atoms with Gasteiger partial charge in [-0.15, -0.1) is 0 Å². The summed E-state index contributed by atoms with van der Waals surface area (Å²) in [7, 11) is 0. The lowest BCUT2D eigenvalue weighted by atomic mass is 9.95. The van der Waals surface area contributed by atoms with Crippen molar-refractivity contribution < 1.29 is 29.5 Å². The average molecular weight is 438 g/mol. The number of amides is 1. The highest BCUT2D eigenvalue weighted by atomic mass is 16.6. The summed E-state index contributed by atoms with van der Waals surface area (Å²) in [5.41, 5.74) is 0.352. The van der Waals surface area contributed by atoms with E-state index in [0.29, 0.717) is 30.4 Å². The third-order valence-corrected chi connectivity index (χ3v) is 5.27. The number of carboxylic acid groups (broad SMARTS) is 1. The van der Waals surface area contributed by atoms with E-state index in [0.717, 1.165) is 0 Å². The molecule has 166 valence electrons. The van der Waals surface area contributed by atoms with E-state index in [4.69, 9.17) is 5.11 Å². The predicted molar refractivity (Wildman–Crippen MR) is 115 cm³/mol. The fourth-order valence-corrected chi connectivity index (χ4v) is 3.75. The number of non-ortho nitro benzene ring substituents is 1. The predicted octanol–water partition coefficient (Wildman–Crippen LogP) is 3.66. The minimum Gasteiger partial charge on any atom is -0.507 e. The Kier molecular flexibility index (Phi) is 6.99. The summed E-state index contributed by atoms with van der Waals surface area (Å²) in [4.78, 5) is 48.4. The molecule has 9 nitrogen and oxygen atoms in total. The zero-order chi connectivity index (χ0) is 23.3. The number of nitro benzene ring substituents is 1. The van der Waals surface area contributed by atoms with Crippen LogP contribution in [-0.2, 0) is 14.4 Å². The van der Waals surface area contributed by atoms with Crippen molar-refractivity contribution in [3.05, 3.63) is 81.4 Å². The lowest BCUT2D eigenvalue weighted by Gasteiger charge is -2.25. The van der Waals surface area contributed by atoms with E-state index in [9.17, 15) is 29.6 Å². The highest BCUT2D eigenvalue weighted by molar-refractivity contribution is 6.46. The third-order valence-electron chi connectivity index (χ3n) is 5.27. The molecule has 2 aromatic carbocycles. The van der Waals surface area contributed by atoms with Gasteiger partial charge in [0.2, 0.25) is 0 Å². The van der Waals surface area contributed by atoms with E-state index >= 15 is 0 Å². The summed E-state index contributed by atoms with van der Waals surface area (Å²) in [6.07, 6.45) is 1.39. The molecule has 2 N–H and O–H groups in total. The van der Waals surface area contributed by atoms with Gasteiger partial charge in [0.15, 0.2) is 0 Å². The molecule has 1 heterocycles. The minimum absolute atomic E-state index is 0.00112. The van der Waals surface area contributed by atoms with Crippen LogP contribution in [0, 0.1) is 10.1 Å². The van der Waals surface area contributed by atoms with E-state index in [1.165, 1.54) is 23.1 Å². The van der Waals surface area contributed by atoms with Gasteiger partial charge in [-0.25, -0.2) is 0 Å². The molecule has 0 saturated carbocycles. The van der Waals surface area contributed by atoms with Crippen molar-refractivity contribution >= 4 is 29.1 Å². The van der Waals surface area contributed by atoms with Crippen molar-refractivity contribution in [1.29, 1.82) is 0 Å². The van der Waals surface area contributed by atoms with Crippen LogP contribution in [0.2, 0.25) is 0 Å². The molecular weight excluding hydrogens is 416 g/mol. The van der Waals surface area contributed by atoms with Crippen molar-refractivity contribution in [1.82, 2.24) is 4.90 Å². The normalized spacial score (nSPS) is 17.5. The lowest BCUT2D eigenvalue weighted by Crippen LogP contribution is -2.30. The van der Waals surface area contributed by atoms with Gasteiger partial charge >= 0.3 is 5.97 Å². The first-order valence-corrected chi connectivity index (χ1v) is 10.1. The maximum Gasteiger partial charge on any atom is 0.303 e. The molecule has 32 heavy (non-hydrogen) atoms. The van der Waals surface area contributed by atoms with E-state index in [1.807, 2.05) is 0 Å². The molecule has 0 bridgehead atoms. The first-order chi connectivity index (χ1) is 15.3. The Labute approximate surface area is 183 Å². The number of nitro groups is 1. The van der Waals surface area contributed by atoms with Gasteiger partial charge in [0.05, 0.1) is 16.5 Å². The number of carbonyl (C=O) groups is 3. The number of benzene rings is 2. The summed E-state index contributed by atoms with van der Waals surface area (Å²) in [5.74, 6) is -2.94. The van der Waals surface area contributed by atoms with Crippen LogP contribution in [0.4, 0.5) is 5.69 Å². The fourth-order valence-electron chi connectivity index (χ4n) is 3.75. The summed E-state index contributed by atoms with van der Waals surface area (Å²) in [5, 5.41) is 30.9. The second-order valence-electron chi connectivity index (χ2n) is 7.42. The minimum atomic E-state index is -0.991. The highest BCUT2D eigenvalue weighted by Gasteiger charge is 2.46. The molecule has 1 aliphatic heterocycles. The number of carbonyl (C=O) groups excluding carboxylic acids is 2. The van der Waals surface area contributed by atoms with E-state index in [2.05, 4.69) is 0 Å². The van der Waals surface area contributed by atoms with Crippen molar-refractivity contribution in [2.45, 2.75) is 31.7 Å². The van der Waals surface area contributed by atoms with Crippen LogP contribution < -0.4 is 0 Å². The first kappa shape index (κ1) is 22.7. The van der Waals surface area contributed by atoms with Gasteiger partial charge < -0.3 is 15.1 Å². The zero-order valence-electron chi connectivity index (χ0n) is 17.1. The second kappa shape index (κ2) is 9.86. The topological polar surface area (TPSA) is 138 Å². The van der Waals surface area contributed by atoms with E-state index < -0.39 is 28.6 Å². The summed E-state index contributed by atoms with van der Waals surface area (Å²) in [6.45, 7) is 0.142. The Morgan fingerprint density at radius 1 is 1.00 bits per heavy atom. The Hall–Kier alpha value is -4.01. The van der Waals surface area contributed by atoms with Crippen LogP contribution in [0.1, 0.15) is 42.9 Å². The van der Waals surface area contributed by atoms with E-state index in [-0.39, 0.29) is 30.0 Å². The number of ketones is 1. The Bertz CT molecular complexity index is 1080. The van der Waals surface area contributed by atoms with Gasteiger partial charge in [0.25, 0.3) is 17.4 Å². The number of aliphatic hydroxyl groups is 1. The number of hydrogen-bond donors (Lipinski definition) is 2. The molecule has 1 saturated heterocycles. The molecule has 0 aliphatic carbocycles. The number of likely N-dealkylation sites (tertiary alicyclic amines) is 1. The number of carboxylic acids is 1. The number of rotatable bonds is 9. The van der Waals surface area contributed by atoms with Crippen LogP contribution >= 0.6 is 0 Å². The van der Waals surface area contributed by atoms with Gasteiger partial charge in [0.1, 0.15) is 5.76 Å². The Morgan fingerprint density at radius 3 is 2.38 bits per heavy atom. The maximum atomic E-state index is 12.9. The highest BCUT2D eigenvalue weighted by Crippen LogP contribution is 2.40. The molecule has 1 unspecified atom stereocenters. The molecule has 1 fully saturated rings. The van der Waals surface area contributed by atoms with Crippen molar-refractivity contribution in [2.24, 2.45) is 0 Å². The van der Waals surface area contributed by atoms with Gasteiger partial charge in [-0.3, -0.25) is 24.5 Å². The largest absolute Gasteiger partial charge is 0.507 e. The van der Waals surface area contributed by atoms with Crippen LogP contribution in [0.5, 0.6) is 0 Å². The zero-order valence-corrected chi connectivity index (χ0v) is 17.1. The number of aliphatic hydroxyl groups excluding tert-OH is 1. The number of nitrogens with zero attached hydrogens (tertiary/aromatic N) is 2. The van der Waals surface area contributed by atoms with Crippen LogP contribution in [0.3, 0.4) is 0 Å². The van der Waals surface area contributed by atoms with Gasteiger partial charge in [0, 0.05) is 30.7 Å². The van der Waals surface area contributed by atoms with Crippen LogP contribution in [-0.4, -0.2) is 44.2 Å².